The zero-order valence-electron chi connectivity index (χ0n) is 17.5. The summed E-state index contributed by atoms with van der Waals surface area (Å²) < 4.78 is 9.75. The molecule has 0 spiro atoms. The van der Waals surface area contributed by atoms with E-state index in [0.717, 1.165) is 31.6 Å². The van der Waals surface area contributed by atoms with Gasteiger partial charge in [-0.15, -0.1) is 22.7 Å². The van der Waals surface area contributed by atoms with Gasteiger partial charge in [-0.3, -0.25) is 0 Å². The van der Waals surface area contributed by atoms with Gasteiger partial charge in [0.25, 0.3) is 0 Å². The molecule has 7 rings (SSSR count). The van der Waals surface area contributed by atoms with Crippen LogP contribution in [0, 0.1) is 0 Å². The fourth-order valence-electron chi connectivity index (χ4n) is 5.00. The molecule has 1 atom stereocenters. The zero-order chi connectivity index (χ0) is 21.2. The summed E-state index contributed by atoms with van der Waals surface area (Å²) in [7, 11) is 2.85. The fraction of sp³-hybridized carbons (Fsp3) is 0.143. The first-order chi connectivity index (χ1) is 15.7. The first-order valence-corrected chi connectivity index (χ1v) is 13.2. The van der Waals surface area contributed by atoms with E-state index in [9.17, 15) is 0 Å². The molecule has 0 amide bonds. The van der Waals surface area contributed by atoms with Gasteiger partial charge < -0.3 is 4.74 Å². The highest BCUT2D eigenvalue weighted by molar-refractivity contribution is 7.46. The van der Waals surface area contributed by atoms with Crippen LogP contribution in [0.15, 0.2) is 66.7 Å². The molecule has 0 saturated heterocycles. The van der Waals surface area contributed by atoms with Crippen molar-refractivity contribution in [3.05, 3.63) is 82.7 Å². The highest BCUT2D eigenvalue weighted by Gasteiger charge is 2.13. The summed E-state index contributed by atoms with van der Waals surface area (Å²) in [5, 5.41) is 8.12. The molecule has 1 aliphatic heterocycles. The van der Waals surface area contributed by atoms with Crippen LogP contribution in [0.5, 0.6) is 5.75 Å². The van der Waals surface area contributed by atoms with Gasteiger partial charge in [0.15, 0.2) is 0 Å². The van der Waals surface area contributed by atoms with E-state index in [1.54, 1.807) is 0 Å². The highest BCUT2D eigenvalue weighted by atomic mass is 32.1. The monoisotopic (exact) mass is 468 g/mol. The Morgan fingerprint density at radius 2 is 1.44 bits per heavy atom. The molecule has 0 fully saturated rings. The van der Waals surface area contributed by atoms with Crippen LogP contribution in [0.1, 0.15) is 16.0 Å². The number of aryl methyl sites for hydroxylation is 2. The Balaban J connectivity index is 1.28. The number of fused-ring (bicyclic) bond motifs is 7. The van der Waals surface area contributed by atoms with E-state index >= 15 is 0 Å². The van der Waals surface area contributed by atoms with Crippen LogP contribution in [-0.4, -0.2) is 6.61 Å². The molecule has 6 aromatic rings. The third kappa shape index (κ3) is 3.07. The summed E-state index contributed by atoms with van der Waals surface area (Å²) in [6, 6.07) is 25.3. The Morgan fingerprint density at radius 1 is 0.719 bits per heavy atom. The lowest BCUT2D eigenvalue weighted by Gasteiger charge is -2.05. The molecule has 0 N–H and O–H groups in total. The van der Waals surface area contributed by atoms with Crippen LogP contribution in [0.2, 0.25) is 0 Å². The zero-order valence-corrected chi connectivity index (χ0v) is 20.3. The second-order valence-electron chi connectivity index (χ2n) is 8.66. The van der Waals surface area contributed by atoms with Crippen LogP contribution < -0.4 is 9.36 Å². The third-order valence-electron chi connectivity index (χ3n) is 6.60. The molecule has 0 saturated carbocycles. The molecule has 0 bridgehead atoms. The van der Waals surface area contributed by atoms with E-state index in [1.165, 1.54) is 62.3 Å². The minimum absolute atomic E-state index is 0.827. The lowest BCUT2D eigenvalue weighted by atomic mass is 10.0. The Hall–Kier alpha value is -2.45. The lowest BCUT2D eigenvalue weighted by Crippen LogP contribution is -1.90. The molecular formula is C28H21OPS2. The van der Waals surface area contributed by atoms with Crippen molar-refractivity contribution in [3.63, 3.8) is 0 Å². The van der Waals surface area contributed by atoms with Gasteiger partial charge in [0.2, 0.25) is 0 Å². The van der Waals surface area contributed by atoms with Crippen molar-refractivity contribution >= 4 is 78.2 Å². The molecule has 4 aromatic carbocycles. The molecule has 156 valence electrons. The topological polar surface area (TPSA) is 9.23 Å². The minimum Gasteiger partial charge on any atom is -0.493 e. The van der Waals surface area contributed by atoms with Gasteiger partial charge in [0.1, 0.15) is 5.75 Å². The predicted molar refractivity (Wildman–Crippen MR) is 145 cm³/mol. The fourth-order valence-corrected chi connectivity index (χ4v) is 7.67. The summed E-state index contributed by atoms with van der Waals surface area (Å²) in [5.74, 6) is 1.07. The molecule has 1 aliphatic rings. The average molecular weight is 469 g/mol. The Bertz CT molecular complexity index is 1670. The Kier molecular flexibility index (Phi) is 4.34. The molecule has 1 unspecified atom stereocenters. The molecule has 4 heteroatoms. The van der Waals surface area contributed by atoms with E-state index in [2.05, 4.69) is 76.0 Å². The second-order valence-corrected chi connectivity index (χ2v) is 11.9. The first-order valence-electron chi connectivity index (χ1n) is 11.0. The van der Waals surface area contributed by atoms with Crippen molar-refractivity contribution in [2.24, 2.45) is 0 Å². The summed E-state index contributed by atoms with van der Waals surface area (Å²) >= 11 is 3.83. The van der Waals surface area contributed by atoms with Crippen molar-refractivity contribution in [1.82, 2.24) is 0 Å². The summed E-state index contributed by atoms with van der Waals surface area (Å²) in [5.41, 5.74) is 2.78. The second kappa shape index (κ2) is 7.28. The highest BCUT2D eigenvalue weighted by Crippen LogP contribution is 2.38. The van der Waals surface area contributed by atoms with Crippen LogP contribution >= 0.6 is 31.9 Å². The van der Waals surface area contributed by atoms with E-state index in [0.29, 0.717) is 0 Å². The van der Waals surface area contributed by atoms with Crippen molar-refractivity contribution < 1.29 is 4.74 Å². The maximum absolute atomic E-state index is 5.65. The van der Waals surface area contributed by atoms with Crippen molar-refractivity contribution in [1.29, 1.82) is 0 Å². The molecule has 1 nitrogen and oxygen atoms in total. The van der Waals surface area contributed by atoms with Gasteiger partial charge in [-0.1, -0.05) is 45.6 Å². The van der Waals surface area contributed by atoms with E-state index < -0.39 is 0 Å². The number of thiophene rings is 2. The first kappa shape index (κ1) is 19.1. The van der Waals surface area contributed by atoms with Gasteiger partial charge in [-0.25, -0.2) is 0 Å². The van der Waals surface area contributed by atoms with Crippen LogP contribution in [0.25, 0.3) is 41.7 Å². The smallest absolute Gasteiger partial charge is 0.122 e. The molecule has 3 heterocycles. The van der Waals surface area contributed by atoms with Crippen molar-refractivity contribution in [3.8, 4) is 5.75 Å². The lowest BCUT2D eigenvalue weighted by molar-refractivity contribution is 0.357. The van der Waals surface area contributed by atoms with Gasteiger partial charge >= 0.3 is 0 Å². The maximum Gasteiger partial charge on any atom is 0.122 e. The summed E-state index contributed by atoms with van der Waals surface area (Å²) in [4.78, 5) is 1.46. The number of hydrogen-bond donors (Lipinski definition) is 0. The average Bonchev–Trinajstić information content (AvgIpc) is 3.53. The number of rotatable bonds is 3. The SMILES string of the molecule is Pc1cc2ccc3cc4c(ccc5cc(CCc6ccc7c(c6)CCO7)sc54)cc3c2s1. The number of ether oxygens (including phenoxy) is 1. The van der Waals surface area contributed by atoms with Gasteiger partial charge in [-0.05, 0) is 75.8 Å². The standard InChI is InChI=1S/C28H21OPS2/c30-26-15-21-6-4-18-13-23-17(14-24(18)28(21)32-26)3-5-20-12-22(31-27(20)23)7-1-16-2-8-25-19(11-16)9-10-29-25/h2-6,8,11-15H,1,7,9-10,30H2. The normalized spacial score (nSPS) is 13.4. The quantitative estimate of drug-likeness (QED) is 0.192. The van der Waals surface area contributed by atoms with E-state index in [1.807, 2.05) is 22.7 Å². The van der Waals surface area contributed by atoms with Crippen LogP contribution in [0.4, 0.5) is 0 Å². The van der Waals surface area contributed by atoms with Gasteiger partial charge in [0.05, 0.1) is 6.61 Å². The number of hydrogen-bond acceptors (Lipinski definition) is 3. The minimum atomic E-state index is 0.827. The largest absolute Gasteiger partial charge is 0.493 e. The van der Waals surface area contributed by atoms with E-state index in [4.69, 9.17) is 4.74 Å². The van der Waals surface area contributed by atoms with Crippen molar-refractivity contribution in [2.45, 2.75) is 19.3 Å². The van der Waals surface area contributed by atoms with Gasteiger partial charge in [-0.2, -0.15) is 0 Å². The predicted octanol–water partition coefficient (Wildman–Crippen LogP) is 7.64. The molecular weight excluding hydrogens is 447 g/mol. The molecule has 0 radical (unpaired) electrons. The van der Waals surface area contributed by atoms with Gasteiger partial charge in [0, 0.05) is 36.1 Å². The maximum atomic E-state index is 5.65. The molecule has 0 aliphatic carbocycles. The summed E-state index contributed by atoms with van der Waals surface area (Å²) in [6.07, 6.45) is 3.21. The molecule has 32 heavy (non-hydrogen) atoms. The van der Waals surface area contributed by atoms with Crippen LogP contribution in [0.3, 0.4) is 0 Å². The third-order valence-corrected chi connectivity index (χ3v) is 9.38. The Labute approximate surface area is 196 Å². The number of benzene rings is 4. The van der Waals surface area contributed by atoms with Crippen LogP contribution in [-0.2, 0) is 19.3 Å². The van der Waals surface area contributed by atoms with Crippen molar-refractivity contribution in [2.75, 3.05) is 6.61 Å². The molecule has 2 aromatic heterocycles. The Morgan fingerprint density at radius 3 is 2.25 bits per heavy atom. The van der Waals surface area contributed by atoms with E-state index in [-0.39, 0.29) is 0 Å². The summed E-state index contributed by atoms with van der Waals surface area (Å²) in [6.45, 7) is 0.827.